The minimum Gasteiger partial charge on any atom is -0.398 e. The van der Waals surface area contributed by atoms with Crippen molar-refractivity contribution in [3.63, 3.8) is 0 Å². The van der Waals surface area contributed by atoms with Crippen LogP contribution >= 0.6 is 15.9 Å². The van der Waals surface area contributed by atoms with Gasteiger partial charge in [0.25, 0.3) is 0 Å². The number of anilines is 1. The molecule has 110 valence electrons. The summed E-state index contributed by atoms with van der Waals surface area (Å²) in [6.07, 6.45) is -4.61. The van der Waals surface area contributed by atoms with Gasteiger partial charge in [-0.2, -0.15) is 13.2 Å². The summed E-state index contributed by atoms with van der Waals surface area (Å²) < 4.78 is 51.9. The Morgan fingerprint density at radius 3 is 2.38 bits per heavy atom. The highest BCUT2D eigenvalue weighted by Gasteiger charge is 2.32. The van der Waals surface area contributed by atoms with E-state index in [1.54, 1.807) is 0 Å². The summed E-state index contributed by atoms with van der Waals surface area (Å²) in [7, 11) is 0. The Kier molecular flexibility index (Phi) is 4.04. The smallest absolute Gasteiger partial charge is 0.398 e. The summed E-state index contributed by atoms with van der Waals surface area (Å²) in [5.74, 6) is -1.75. The summed E-state index contributed by atoms with van der Waals surface area (Å²) in [6.45, 7) is 0. The molecular formula is C14H8BrF4NO. The highest BCUT2D eigenvalue weighted by Crippen LogP contribution is 2.32. The molecule has 0 heterocycles. The van der Waals surface area contributed by atoms with Crippen LogP contribution in [0.1, 0.15) is 21.5 Å². The van der Waals surface area contributed by atoms with Crippen LogP contribution in [0.3, 0.4) is 0 Å². The normalized spacial score (nSPS) is 11.5. The monoisotopic (exact) mass is 361 g/mol. The number of ketones is 1. The molecule has 2 aromatic rings. The van der Waals surface area contributed by atoms with Gasteiger partial charge >= 0.3 is 6.18 Å². The zero-order valence-electron chi connectivity index (χ0n) is 10.3. The van der Waals surface area contributed by atoms with Gasteiger partial charge in [-0.15, -0.1) is 0 Å². The number of benzene rings is 2. The standard InChI is InChI=1S/C14H8BrF4NO/c15-10-3-1-2-8(12(10)16)13(21)9-6-7(14(17,18)19)4-5-11(9)20/h1-6H,20H2. The lowest BCUT2D eigenvalue weighted by Crippen LogP contribution is -2.12. The van der Waals surface area contributed by atoms with Gasteiger partial charge < -0.3 is 5.73 Å². The van der Waals surface area contributed by atoms with Crippen molar-refractivity contribution in [3.05, 3.63) is 63.4 Å². The SMILES string of the molecule is Nc1ccc(C(F)(F)F)cc1C(=O)c1cccc(Br)c1F. The molecule has 0 unspecified atom stereocenters. The number of carbonyl (C=O) groups excluding carboxylic acids is 1. The zero-order chi connectivity index (χ0) is 15.8. The molecule has 0 aliphatic heterocycles. The maximum absolute atomic E-state index is 13.9. The van der Waals surface area contributed by atoms with Crippen molar-refractivity contribution in [3.8, 4) is 0 Å². The van der Waals surface area contributed by atoms with E-state index in [9.17, 15) is 22.4 Å². The maximum Gasteiger partial charge on any atom is 0.416 e. The van der Waals surface area contributed by atoms with Crippen LogP contribution in [0.15, 0.2) is 40.9 Å². The molecule has 0 aromatic heterocycles. The number of alkyl halides is 3. The van der Waals surface area contributed by atoms with Gasteiger partial charge in [-0.05, 0) is 46.3 Å². The van der Waals surface area contributed by atoms with Gasteiger partial charge in [0.15, 0.2) is 5.78 Å². The summed E-state index contributed by atoms with van der Waals surface area (Å²) in [6, 6.07) is 6.33. The number of hydrogen-bond acceptors (Lipinski definition) is 2. The number of rotatable bonds is 2. The predicted octanol–water partition coefficient (Wildman–Crippen LogP) is 4.42. The molecule has 0 fully saturated rings. The van der Waals surface area contributed by atoms with E-state index in [1.165, 1.54) is 18.2 Å². The minimum absolute atomic E-state index is 0.0406. The summed E-state index contributed by atoms with van der Waals surface area (Å²) in [4.78, 5) is 12.2. The van der Waals surface area contributed by atoms with E-state index in [2.05, 4.69) is 15.9 Å². The molecule has 7 heteroatoms. The Bertz CT molecular complexity index is 713. The van der Waals surface area contributed by atoms with E-state index in [1.807, 2.05) is 0 Å². The van der Waals surface area contributed by atoms with Gasteiger partial charge in [0, 0.05) is 11.3 Å². The second-order valence-electron chi connectivity index (χ2n) is 4.23. The van der Waals surface area contributed by atoms with Gasteiger partial charge in [-0.25, -0.2) is 4.39 Å². The molecule has 0 spiro atoms. The molecule has 2 aromatic carbocycles. The molecule has 0 atom stereocenters. The van der Waals surface area contributed by atoms with Crippen LogP contribution < -0.4 is 5.73 Å². The summed E-state index contributed by atoms with van der Waals surface area (Å²) in [5, 5.41) is 0. The van der Waals surface area contributed by atoms with E-state index in [4.69, 9.17) is 5.73 Å². The van der Waals surface area contributed by atoms with Crippen molar-refractivity contribution in [1.82, 2.24) is 0 Å². The topological polar surface area (TPSA) is 43.1 Å². The van der Waals surface area contributed by atoms with E-state index in [-0.39, 0.29) is 21.3 Å². The highest BCUT2D eigenvalue weighted by molar-refractivity contribution is 9.10. The molecule has 2 nitrogen and oxygen atoms in total. The molecule has 0 radical (unpaired) electrons. The Morgan fingerprint density at radius 2 is 1.76 bits per heavy atom. The van der Waals surface area contributed by atoms with E-state index >= 15 is 0 Å². The largest absolute Gasteiger partial charge is 0.416 e. The van der Waals surface area contributed by atoms with E-state index < -0.39 is 23.3 Å². The van der Waals surface area contributed by atoms with Gasteiger partial charge in [0.05, 0.1) is 15.6 Å². The third-order valence-corrected chi connectivity index (χ3v) is 3.43. The van der Waals surface area contributed by atoms with Crippen molar-refractivity contribution in [2.24, 2.45) is 0 Å². The number of hydrogen-bond donors (Lipinski definition) is 1. The van der Waals surface area contributed by atoms with Crippen LogP contribution in [-0.2, 0) is 6.18 Å². The second-order valence-corrected chi connectivity index (χ2v) is 5.08. The van der Waals surface area contributed by atoms with Crippen molar-refractivity contribution in [2.75, 3.05) is 5.73 Å². The van der Waals surface area contributed by atoms with Crippen LogP contribution in [-0.4, -0.2) is 5.78 Å². The number of nitrogen functional groups attached to an aromatic ring is 1. The van der Waals surface area contributed by atoms with Gasteiger partial charge in [0.2, 0.25) is 0 Å². The lowest BCUT2D eigenvalue weighted by molar-refractivity contribution is -0.137. The van der Waals surface area contributed by atoms with Crippen LogP contribution in [0.5, 0.6) is 0 Å². The first-order chi connectivity index (χ1) is 9.71. The lowest BCUT2D eigenvalue weighted by Gasteiger charge is -2.11. The Morgan fingerprint density at radius 1 is 1.10 bits per heavy atom. The molecule has 0 bridgehead atoms. The lowest BCUT2D eigenvalue weighted by atomic mass is 9.99. The minimum atomic E-state index is -4.61. The van der Waals surface area contributed by atoms with Crippen molar-refractivity contribution >= 4 is 27.4 Å². The zero-order valence-corrected chi connectivity index (χ0v) is 11.9. The Labute approximate surface area is 125 Å². The molecular weight excluding hydrogens is 354 g/mol. The number of carbonyl (C=O) groups is 1. The van der Waals surface area contributed by atoms with Crippen molar-refractivity contribution < 1.29 is 22.4 Å². The molecule has 0 saturated heterocycles. The molecule has 0 amide bonds. The summed E-state index contributed by atoms with van der Waals surface area (Å²) in [5.41, 5.74) is 3.63. The average Bonchev–Trinajstić information content (AvgIpc) is 2.40. The van der Waals surface area contributed by atoms with Crippen LogP contribution in [0.4, 0.5) is 23.2 Å². The Hall–Kier alpha value is -1.89. The number of halogens is 5. The second kappa shape index (κ2) is 5.48. The predicted molar refractivity (Wildman–Crippen MR) is 73.4 cm³/mol. The first-order valence-corrected chi connectivity index (χ1v) is 6.46. The molecule has 0 aliphatic carbocycles. The quantitative estimate of drug-likeness (QED) is 0.488. The number of nitrogens with two attached hydrogens (primary N) is 1. The fourth-order valence-corrected chi connectivity index (χ4v) is 2.12. The van der Waals surface area contributed by atoms with Crippen molar-refractivity contribution in [2.45, 2.75) is 6.18 Å². The maximum atomic E-state index is 13.9. The van der Waals surface area contributed by atoms with Gasteiger partial charge in [-0.1, -0.05) is 6.07 Å². The van der Waals surface area contributed by atoms with E-state index in [0.29, 0.717) is 6.07 Å². The highest BCUT2D eigenvalue weighted by atomic mass is 79.9. The average molecular weight is 362 g/mol. The third-order valence-electron chi connectivity index (χ3n) is 2.82. The first-order valence-electron chi connectivity index (χ1n) is 5.67. The van der Waals surface area contributed by atoms with Crippen LogP contribution in [0.25, 0.3) is 0 Å². The van der Waals surface area contributed by atoms with Gasteiger partial charge in [0.1, 0.15) is 5.82 Å². The molecule has 2 rings (SSSR count). The van der Waals surface area contributed by atoms with Crippen molar-refractivity contribution in [1.29, 1.82) is 0 Å². The summed E-state index contributed by atoms with van der Waals surface area (Å²) >= 11 is 2.91. The fraction of sp³-hybridized carbons (Fsp3) is 0.0714. The first kappa shape index (κ1) is 15.5. The molecule has 2 N–H and O–H groups in total. The fourth-order valence-electron chi connectivity index (χ4n) is 1.75. The molecule has 0 aliphatic rings. The van der Waals surface area contributed by atoms with Crippen LogP contribution in [0, 0.1) is 5.82 Å². The van der Waals surface area contributed by atoms with Crippen LogP contribution in [0.2, 0.25) is 0 Å². The molecule has 21 heavy (non-hydrogen) atoms. The van der Waals surface area contributed by atoms with Gasteiger partial charge in [-0.3, -0.25) is 4.79 Å². The van der Waals surface area contributed by atoms with E-state index in [0.717, 1.165) is 12.1 Å². The third kappa shape index (κ3) is 3.07. The Balaban J connectivity index is 2.56. The molecule has 0 saturated carbocycles.